The van der Waals surface area contributed by atoms with Gasteiger partial charge in [-0.2, -0.15) is 0 Å². The fourth-order valence-corrected chi connectivity index (χ4v) is 4.53. The van der Waals surface area contributed by atoms with Gasteiger partial charge >= 0.3 is 5.97 Å². The van der Waals surface area contributed by atoms with E-state index >= 15 is 0 Å². The summed E-state index contributed by atoms with van der Waals surface area (Å²) < 4.78 is 29.9. The molecule has 10 heteroatoms. The van der Waals surface area contributed by atoms with Crippen molar-refractivity contribution in [2.45, 2.75) is 26.5 Å². The van der Waals surface area contributed by atoms with Gasteiger partial charge in [0.05, 0.1) is 23.1 Å². The SMILES string of the molecule is CCOc1cc(/C=C2/SC(=O)N([C@@H](C)C(=O)OC)C2=O)cc(Br)c1OCc1ccc(F)cc1. The van der Waals surface area contributed by atoms with Gasteiger partial charge in [-0.25, -0.2) is 9.18 Å². The molecule has 1 heterocycles. The number of nitrogens with zero attached hydrogens (tertiary/aromatic N) is 1. The minimum absolute atomic E-state index is 0.171. The number of amides is 2. The van der Waals surface area contributed by atoms with Crippen LogP contribution in [0.5, 0.6) is 11.5 Å². The van der Waals surface area contributed by atoms with Crippen molar-refractivity contribution in [1.29, 1.82) is 0 Å². The van der Waals surface area contributed by atoms with Crippen LogP contribution in [-0.4, -0.2) is 41.8 Å². The number of carbonyl (C=O) groups is 3. The largest absolute Gasteiger partial charge is 0.490 e. The van der Waals surface area contributed by atoms with Gasteiger partial charge in [0.25, 0.3) is 11.1 Å². The molecule has 0 radical (unpaired) electrons. The topological polar surface area (TPSA) is 82.1 Å². The van der Waals surface area contributed by atoms with Crippen LogP contribution in [0.4, 0.5) is 9.18 Å². The number of ether oxygens (including phenoxy) is 3. The third-order valence-electron chi connectivity index (χ3n) is 4.68. The first-order valence-electron chi connectivity index (χ1n) is 9.93. The summed E-state index contributed by atoms with van der Waals surface area (Å²) in [6.45, 7) is 3.82. The summed E-state index contributed by atoms with van der Waals surface area (Å²) in [7, 11) is 1.19. The van der Waals surface area contributed by atoms with Crippen molar-refractivity contribution in [2.24, 2.45) is 0 Å². The Kier molecular flexibility index (Phi) is 8.15. The van der Waals surface area contributed by atoms with Gasteiger partial charge < -0.3 is 14.2 Å². The number of esters is 1. The summed E-state index contributed by atoms with van der Waals surface area (Å²) in [5, 5.41) is -0.549. The van der Waals surface area contributed by atoms with Crippen LogP contribution in [0, 0.1) is 5.82 Å². The maximum atomic E-state index is 13.1. The lowest BCUT2D eigenvalue weighted by molar-refractivity contribution is -0.148. The summed E-state index contributed by atoms with van der Waals surface area (Å²) in [5.74, 6) is -0.700. The highest BCUT2D eigenvalue weighted by atomic mass is 79.9. The van der Waals surface area contributed by atoms with Crippen LogP contribution in [-0.2, 0) is 20.9 Å². The Morgan fingerprint density at radius 1 is 1.21 bits per heavy atom. The highest BCUT2D eigenvalue weighted by molar-refractivity contribution is 9.10. The van der Waals surface area contributed by atoms with Crippen molar-refractivity contribution in [3.8, 4) is 11.5 Å². The molecule has 0 saturated carbocycles. The van der Waals surface area contributed by atoms with Gasteiger partial charge in [-0.15, -0.1) is 0 Å². The average molecular weight is 538 g/mol. The monoisotopic (exact) mass is 537 g/mol. The summed E-state index contributed by atoms with van der Waals surface area (Å²) in [5.41, 5.74) is 1.37. The van der Waals surface area contributed by atoms with Gasteiger partial charge in [-0.1, -0.05) is 12.1 Å². The van der Waals surface area contributed by atoms with E-state index in [4.69, 9.17) is 9.47 Å². The van der Waals surface area contributed by atoms with E-state index in [-0.39, 0.29) is 17.3 Å². The lowest BCUT2D eigenvalue weighted by Gasteiger charge is -2.18. The lowest BCUT2D eigenvalue weighted by atomic mass is 10.1. The summed E-state index contributed by atoms with van der Waals surface area (Å²) in [4.78, 5) is 37.9. The molecule has 1 aliphatic heterocycles. The van der Waals surface area contributed by atoms with Crippen LogP contribution < -0.4 is 9.47 Å². The minimum atomic E-state index is -1.03. The quantitative estimate of drug-likeness (QED) is 0.339. The zero-order chi connectivity index (χ0) is 24.1. The first-order valence-corrected chi connectivity index (χ1v) is 11.5. The maximum Gasteiger partial charge on any atom is 0.328 e. The van der Waals surface area contributed by atoms with Gasteiger partial charge in [0.1, 0.15) is 18.5 Å². The average Bonchev–Trinajstić information content (AvgIpc) is 3.06. The number of thioether (sulfide) groups is 1. The highest BCUT2D eigenvalue weighted by Crippen LogP contribution is 2.40. The molecule has 1 saturated heterocycles. The third kappa shape index (κ3) is 5.75. The summed E-state index contributed by atoms with van der Waals surface area (Å²) >= 11 is 4.21. The second-order valence-electron chi connectivity index (χ2n) is 6.93. The molecular weight excluding hydrogens is 517 g/mol. The smallest absolute Gasteiger partial charge is 0.328 e. The van der Waals surface area contributed by atoms with E-state index in [0.29, 0.717) is 28.1 Å². The summed E-state index contributed by atoms with van der Waals surface area (Å²) in [6, 6.07) is 8.35. The van der Waals surface area contributed by atoms with E-state index < -0.39 is 23.2 Å². The molecule has 3 rings (SSSR count). The van der Waals surface area contributed by atoms with Crippen molar-refractivity contribution < 1.29 is 33.0 Å². The van der Waals surface area contributed by atoms with Crippen LogP contribution in [0.3, 0.4) is 0 Å². The van der Waals surface area contributed by atoms with Crippen LogP contribution in [0.2, 0.25) is 0 Å². The van der Waals surface area contributed by atoms with Gasteiger partial charge in [-0.3, -0.25) is 14.5 Å². The molecule has 0 aliphatic carbocycles. The molecule has 0 spiro atoms. The Hall–Kier alpha value is -2.85. The van der Waals surface area contributed by atoms with E-state index in [1.165, 1.54) is 26.2 Å². The Bertz CT molecular complexity index is 1100. The predicted molar refractivity (Wildman–Crippen MR) is 125 cm³/mol. The van der Waals surface area contributed by atoms with Crippen LogP contribution >= 0.6 is 27.7 Å². The van der Waals surface area contributed by atoms with E-state index in [1.807, 2.05) is 6.92 Å². The minimum Gasteiger partial charge on any atom is -0.490 e. The first kappa shape index (κ1) is 24.8. The van der Waals surface area contributed by atoms with E-state index in [0.717, 1.165) is 22.2 Å². The molecule has 174 valence electrons. The molecule has 0 unspecified atom stereocenters. The van der Waals surface area contributed by atoms with Crippen molar-refractivity contribution in [3.63, 3.8) is 0 Å². The van der Waals surface area contributed by atoms with E-state index in [2.05, 4.69) is 20.7 Å². The molecule has 1 aliphatic rings. The zero-order valence-corrected chi connectivity index (χ0v) is 20.5. The highest BCUT2D eigenvalue weighted by Gasteiger charge is 2.41. The molecule has 2 aromatic carbocycles. The first-order chi connectivity index (χ1) is 15.7. The second-order valence-corrected chi connectivity index (χ2v) is 8.78. The molecule has 0 N–H and O–H groups in total. The molecule has 2 aromatic rings. The number of methoxy groups -OCH3 is 1. The molecule has 7 nitrogen and oxygen atoms in total. The van der Waals surface area contributed by atoms with Gasteiger partial charge in [-0.05, 0) is 83.0 Å². The number of imide groups is 1. The standard InChI is InChI=1S/C23H21BrFNO6S/c1-4-31-18-10-15(9-17(24)20(18)32-12-14-5-7-16(25)8-6-14)11-19-21(27)26(23(29)33-19)13(2)22(28)30-3/h5-11,13H,4,12H2,1-3H3/b19-11+/t13-/m0/s1. The molecule has 2 amide bonds. The Labute approximate surface area is 203 Å². The normalized spacial score (nSPS) is 15.7. The van der Waals surface area contributed by atoms with Gasteiger partial charge in [0.2, 0.25) is 0 Å². The van der Waals surface area contributed by atoms with Crippen LogP contribution in [0.25, 0.3) is 6.08 Å². The van der Waals surface area contributed by atoms with E-state index in [9.17, 15) is 18.8 Å². The molecular formula is C23H21BrFNO6S. The Morgan fingerprint density at radius 3 is 2.55 bits per heavy atom. The van der Waals surface area contributed by atoms with Gasteiger partial charge in [0.15, 0.2) is 11.5 Å². The summed E-state index contributed by atoms with van der Waals surface area (Å²) in [6.07, 6.45) is 1.55. The van der Waals surface area contributed by atoms with Crippen molar-refractivity contribution in [1.82, 2.24) is 4.90 Å². The lowest BCUT2D eigenvalue weighted by Crippen LogP contribution is -2.42. The maximum absolute atomic E-state index is 13.1. The van der Waals surface area contributed by atoms with E-state index in [1.54, 1.807) is 30.3 Å². The van der Waals surface area contributed by atoms with Crippen LogP contribution in [0.15, 0.2) is 45.8 Å². The predicted octanol–water partition coefficient (Wildman–Crippen LogP) is 5.16. The van der Waals surface area contributed by atoms with Crippen molar-refractivity contribution >= 4 is 50.9 Å². The Morgan fingerprint density at radius 2 is 1.91 bits per heavy atom. The fourth-order valence-electron chi connectivity index (χ4n) is 3.05. The zero-order valence-electron chi connectivity index (χ0n) is 18.1. The third-order valence-corrected chi connectivity index (χ3v) is 6.15. The van der Waals surface area contributed by atoms with Crippen molar-refractivity contribution in [2.75, 3.05) is 13.7 Å². The number of rotatable bonds is 8. The number of carbonyl (C=O) groups excluding carboxylic acids is 3. The van der Waals surface area contributed by atoms with Crippen LogP contribution in [0.1, 0.15) is 25.0 Å². The molecule has 0 bridgehead atoms. The molecule has 33 heavy (non-hydrogen) atoms. The number of benzene rings is 2. The number of hydrogen-bond donors (Lipinski definition) is 0. The second kappa shape index (κ2) is 10.8. The molecule has 0 aromatic heterocycles. The number of hydrogen-bond acceptors (Lipinski definition) is 7. The molecule has 1 fully saturated rings. The number of halogens is 2. The Balaban J connectivity index is 1.86. The van der Waals surface area contributed by atoms with Crippen molar-refractivity contribution in [3.05, 3.63) is 62.7 Å². The van der Waals surface area contributed by atoms with Gasteiger partial charge in [0, 0.05) is 0 Å². The fraction of sp³-hybridized carbons (Fsp3) is 0.261. The molecule has 1 atom stereocenters.